The normalized spacial score (nSPS) is 11.3. The second-order valence-electron chi connectivity index (χ2n) is 3.97. The van der Waals surface area contributed by atoms with Gasteiger partial charge >= 0.3 is 0 Å². The Hall–Kier alpha value is -0.710. The van der Waals surface area contributed by atoms with E-state index in [1.807, 2.05) is 0 Å². The minimum Gasteiger partial charge on any atom is -0.480 e. The smallest absolute Gasteiger partial charge is 0.296 e. The minimum atomic E-state index is -0.117. The number of aryl methyl sites for hydroxylation is 1. The van der Waals surface area contributed by atoms with Crippen LogP contribution in [-0.4, -0.2) is 19.6 Å². The van der Waals surface area contributed by atoms with Crippen molar-refractivity contribution in [1.29, 1.82) is 0 Å². The second kappa shape index (κ2) is 5.51. The van der Waals surface area contributed by atoms with Crippen LogP contribution in [0.5, 0.6) is 6.01 Å². The molecule has 0 atom stereocenters. The van der Waals surface area contributed by atoms with Gasteiger partial charge in [0, 0.05) is 6.54 Å². The molecule has 7 heteroatoms. The molecule has 0 unspecified atom stereocenters. The van der Waals surface area contributed by atoms with Gasteiger partial charge in [0.2, 0.25) is 0 Å². The standard InChI is InChI=1S/C11H12Cl3N3O/c1-2-3-4-5-17-8-6(12)7(13)9(14)15-10(8)16-11(17)18/h2-5H2,1H3,(H,15,16,18). The lowest BCUT2D eigenvalue weighted by Crippen LogP contribution is -1.98. The van der Waals surface area contributed by atoms with Gasteiger partial charge in [-0.3, -0.25) is 4.57 Å². The van der Waals surface area contributed by atoms with E-state index in [4.69, 9.17) is 34.8 Å². The fraction of sp³-hybridized carbons (Fsp3) is 0.455. The first-order valence-corrected chi connectivity index (χ1v) is 6.79. The van der Waals surface area contributed by atoms with Crippen molar-refractivity contribution in [3.63, 3.8) is 0 Å². The molecule has 98 valence electrons. The summed E-state index contributed by atoms with van der Waals surface area (Å²) in [6, 6.07) is -0.117. The number of aromatic nitrogens is 3. The number of halogens is 3. The molecule has 0 spiro atoms. The van der Waals surface area contributed by atoms with Gasteiger partial charge in [-0.1, -0.05) is 54.6 Å². The van der Waals surface area contributed by atoms with Crippen LogP contribution in [0.25, 0.3) is 11.2 Å². The maximum atomic E-state index is 9.81. The van der Waals surface area contributed by atoms with Crippen LogP contribution >= 0.6 is 34.8 Å². The molecule has 0 fully saturated rings. The molecule has 0 saturated heterocycles. The summed E-state index contributed by atoms with van der Waals surface area (Å²) in [6.45, 7) is 2.73. The maximum absolute atomic E-state index is 9.81. The summed E-state index contributed by atoms with van der Waals surface area (Å²) in [4.78, 5) is 7.94. The Kier molecular flexibility index (Phi) is 4.20. The molecule has 2 aromatic rings. The summed E-state index contributed by atoms with van der Waals surface area (Å²) in [5.74, 6) is 0. The average molecular weight is 309 g/mol. The van der Waals surface area contributed by atoms with E-state index in [0.29, 0.717) is 17.7 Å². The molecule has 0 aliphatic carbocycles. The first kappa shape index (κ1) is 13.7. The third kappa shape index (κ3) is 2.37. The van der Waals surface area contributed by atoms with Crippen LogP contribution in [0.4, 0.5) is 0 Å². The van der Waals surface area contributed by atoms with Gasteiger partial charge in [-0.25, -0.2) is 4.98 Å². The summed E-state index contributed by atoms with van der Waals surface area (Å²) in [5, 5.41) is 10.4. The summed E-state index contributed by atoms with van der Waals surface area (Å²) in [5.41, 5.74) is 0.836. The summed E-state index contributed by atoms with van der Waals surface area (Å²) < 4.78 is 1.61. The Morgan fingerprint density at radius 2 is 1.83 bits per heavy atom. The Bertz CT molecular complexity index is 583. The van der Waals surface area contributed by atoms with E-state index in [1.54, 1.807) is 4.57 Å². The van der Waals surface area contributed by atoms with Crippen LogP contribution in [0, 0.1) is 0 Å². The monoisotopic (exact) mass is 307 g/mol. The molecule has 2 rings (SSSR count). The first-order valence-electron chi connectivity index (χ1n) is 5.66. The first-order chi connectivity index (χ1) is 8.56. The van der Waals surface area contributed by atoms with Crippen LogP contribution < -0.4 is 0 Å². The largest absolute Gasteiger partial charge is 0.480 e. The zero-order valence-corrected chi connectivity index (χ0v) is 12.0. The lowest BCUT2D eigenvalue weighted by molar-refractivity contribution is 0.397. The lowest BCUT2D eigenvalue weighted by atomic mass is 10.2. The molecule has 0 aliphatic heterocycles. The highest BCUT2D eigenvalue weighted by molar-refractivity contribution is 6.49. The molecule has 2 aromatic heterocycles. The van der Waals surface area contributed by atoms with E-state index in [-0.39, 0.29) is 21.2 Å². The van der Waals surface area contributed by atoms with E-state index in [1.165, 1.54) is 0 Å². The molecule has 0 radical (unpaired) electrons. The number of aromatic hydroxyl groups is 1. The maximum Gasteiger partial charge on any atom is 0.296 e. The van der Waals surface area contributed by atoms with Gasteiger partial charge in [-0.15, -0.1) is 0 Å². The van der Waals surface area contributed by atoms with Crippen molar-refractivity contribution in [2.24, 2.45) is 0 Å². The van der Waals surface area contributed by atoms with Crippen molar-refractivity contribution < 1.29 is 5.11 Å². The number of imidazole rings is 1. The molecule has 1 N–H and O–H groups in total. The van der Waals surface area contributed by atoms with Crippen molar-refractivity contribution in [3.05, 3.63) is 15.2 Å². The number of pyridine rings is 1. The Morgan fingerprint density at radius 3 is 2.50 bits per heavy atom. The van der Waals surface area contributed by atoms with Crippen LogP contribution in [0.3, 0.4) is 0 Å². The van der Waals surface area contributed by atoms with Crippen molar-refractivity contribution in [2.45, 2.75) is 32.7 Å². The van der Waals surface area contributed by atoms with Crippen LogP contribution in [-0.2, 0) is 6.54 Å². The highest BCUT2D eigenvalue weighted by Crippen LogP contribution is 2.36. The van der Waals surface area contributed by atoms with Gasteiger partial charge < -0.3 is 5.11 Å². The molecule has 0 bridgehead atoms. The fourth-order valence-electron chi connectivity index (χ4n) is 1.79. The van der Waals surface area contributed by atoms with Gasteiger partial charge in [0.1, 0.15) is 5.52 Å². The minimum absolute atomic E-state index is 0.0902. The van der Waals surface area contributed by atoms with E-state index < -0.39 is 0 Å². The van der Waals surface area contributed by atoms with Gasteiger partial charge in [0.05, 0.1) is 10.0 Å². The van der Waals surface area contributed by atoms with E-state index in [2.05, 4.69) is 16.9 Å². The summed E-state index contributed by atoms with van der Waals surface area (Å²) in [6.07, 6.45) is 3.07. The average Bonchev–Trinajstić information content (AvgIpc) is 2.63. The number of unbranched alkanes of at least 4 members (excludes halogenated alkanes) is 2. The van der Waals surface area contributed by atoms with Crippen LogP contribution in [0.1, 0.15) is 26.2 Å². The lowest BCUT2D eigenvalue weighted by Gasteiger charge is -2.06. The molecule has 0 amide bonds. The number of fused-ring (bicyclic) bond motifs is 1. The van der Waals surface area contributed by atoms with Crippen molar-refractivity contribution in [2.75, 3.05) is 0 Å². The molecule has 0 saturated carbocycles. The van der Waals surface area contributed by atoms with E-state index >= 15 is 0 Å². The SMILES string of the molecule is CCCCCn1c(O)nc2nc(Cl)c(Cl)c(Cl)c21. The summed E-state index contributed by atoms with van der Waals surface area (Å²) >= 11 is 17.9. The zero-order valence-electron chi connectivity index (χ0n) is 9.75. The van der Waals surface area contributed by atoms with Crippen molar-refractivity contribution in [1.82, 2.24) is 14.5 Å². The van der Waals surface area contributed by atoms with Crippen LogP contribution in [0.15, 0.2) is 0 Å². The quantitative estimate of drug-likeness (QED) is 0.677. The predicted octanol–water partition coefficient (Wildman–Crippen LogP) is 4.29. The van der Waals surface area contributed by atoms with Crippen molar-refractivity contribution in [3.8, 4) is 6.01 Å². The molecular formula is C11H12Cl3N3O. The molecule has 0 aromatic carbocycles. The van der Waals surface area contributed by atoms with Crippen molar-refractivity contribution >= 4 is 46.0 Å². The molecule has 0 aliphatic rings. The zero-order chi connectivity index (χ0) is 13.3. The number of rotatable bonds is 4. The van der Waals surface area contributed by atoms with Crippen LogP contribution in [0.2, 0.25) is 15.2 Å². The molecular weight excluding hydrogens is 297 g/mol. The fourth-order valence-corrected chi connectivity index (χ4v) is 2.42. The van der Waals surface area contributed by atoms with Gasteiger partial charge in [0.25, 0.3) is 6.01 Å². The third-order valence-electron chi connectivity index (χ3n) is 2.70. The molecule has 18 heavy (non-hydrogen) atoms. The number of hydrogen-bond acceptors (Lipinski definition) is 3. The molecule has 4 nitrogen and oxygen atoms in total. The van der Waals surface area contributed by atoms with Gasteiger partial charge in [-0.05, 0) is 6.42 Å². The Balaban J connectivity index is 2.52. The number of hydrogen-bond donors (Lipinski definition) is 1. The Morgan fingerprint density at radius 1 is 1.11 bits per heavy atom. The third-order valence-corrected chi connectivity index (χ3v) is 3.90. The van der Waals surface area contributed by atoms with Gasteiger partial charge in [-0.2, -0.15) is 4.98 Å². The second-order valence-corrected chi connectivity index (χ2v) is 5.09. The predicted molar refractivity (Wildman–Crippen MR) is 73.7 cm³/mol. The highest BCUT2D eigenvalue weighted by Gasteiger charge is 2.18. The topological polar surface area (TPSA) is 50.9 Å². The highest BCUT2D eigenvalue weighted by atomic mass is 35.5. The summed E-state index contributed by atoms with van der Waals surface area (Å²) in [7, 11) is 0. The van der Waals surface area contributed by atoms with E-state index in [0.717, 1.165) is 19.3 Å². The number of nitrogens with zero attached hydrogens (tertiary/aromatic N) is 3. The van der Waals surface area contributed by atoms with Gasteiger partial charge in [0.15, 0.2) is 10.8 Å². The Labute approximate surface area is 120 Å². The molecule has 2 heterocycles. The van der Waals surface area contributed by atoms with E-state index in [9.17, 15) is 5.11 Å².